The number of ether oxygens (including phenoxy) is 1. The average Bonchev–Trinajstić information content (AvgIpc) is 2.41. The first-order valence-corrected chi connectivity index (χ1v) is 6.78. The molecule has 0 radical (unpaired) electrons. The van der Waals surface area contributed by atoms with Crippen LogP contribution in [0.2, 0.25) is 0 Å². The Bertz CT molecular complexity index is 425. The highest BCUT2D eigenvalue weighted by Gasteiger charge is 2.04. The number of nitrogens with two attached hydrogens (primary N) is 1. The predicted molar refractivity (Wildman–Crippen MR) is 78.4 cm³/mol. The van der Waals surface area contributed by atoms with Gasteiger partial charge in [0.25, 0.3) is 0 Å². The molecule has 0 bridgehead atoms. The third kappa shape index (κ3) is 6.33. The van der Waals surface area contributed by atoms with Crippen LogP contribution < -0.4 is 16.4 Å². The van der Waals surface area contributed by atoms with Gasteiger partial charge >= 0.3 is 0 Å². The summed E-state index contributed by atoms with van der Waals surface area (Å²) in [5.74, 6) is 1.81. The van der Waals surface area contributed by atoms with E-state index in [0.29, 0.717) is 31.8 Å². The van der Waals surface area contributed by atoms with Crippen LogP contribution in [0.15, 0.2) is 6.07 Å². The van der Waals surface area contributed by atoms with Crippen molar-refractivity contribution in [3.8, 4) is 0 Å². The highest BCUT2D eigenvalue weighted by Crippen LogP contribution is 2.12. The number of rotatable bonds is 10. The molecule has 1 rings (SSSR count). The van der Waals surface area contributed by atoms with Gasteiger partial charge in [0.2, 0.25) is 5.91 Å². The number of nitrogens with zero attached hydrogens (tertiary/aromatic N) is 2. The van der Waals surface area contributed by atoms with Crippen LogP contribution in [0.5, 0.6) is 0 Å². The summed E-state index contributed by atoms with van der Waals surface area (Å²) in [6, 6.07) is 1.85. The Hall–Kier alpha value is -1.89. The van der Waals surface area contributed by atoms with Crippen LogP contribution >= 0.6 is 0 Å². The van der Waals surface area contributed by atoms with Gasteiger partial charge in [-0.15, -0.1) is 0 Å². The molecule has 20 heavy (non-hydrogen) atoms. The molecule has 1 aromatic rings. The molecule has 0 aromatic carbocycles. The average molecular weight is 281 g/mol. The van der Waals surface area contributed by atoms with Gasteiger partial charge in [-0.1, -0.05) is 6.92 Å². The fourth-order valence-electron chi connectivity index (χ4n) is 1.60. The molecule has 7 nitrogen and oxygen atoms in total. The number of amides is 1. The fourth-order valence-corrected chi connectivity index (χ4v) is 1.60. The number of hydrogen-bond acceptors (Lipinski definition) is 6. The minimum Gasteiger partial charge on any atom is -0.377 e. The third-order valence-corrected chi connectivity index (χ3v) is 2.51. The van der Waals surface area contributed by atoms with Crippen LogP contribution in [-0.4, -0.2) is 36.1 Å². The van der Waals surface area contributed by atoms with Gasteiger partial charge in [-0.2, -0.15) is 0 Å². The lowest BCUT2D eigenvalue weighted by molar-refractivity contribution is -0.118. The van der Waals surface area contributed by atoms with E-state index < -0.39 is 0 Å². The first-order valence-electron chi connectivity index (χ1n) is 6.78. The zero-order chi connectivity index (χ0) is 14.8. The predicted octanol–water partition coefficient (Wildman–Crippen LogP) is 1.12. The molecule has 0 aliphatic carbocycles. The number of methoxy groups -OCH3 is 1. The molecule has 7 heteroatoms. The van der Waals surface area contributed by atoms with Crippen molar-refractivity contribution in [2.75, 3.05) is 30.8 Å². The summed E-state index contributed by atoms with van der Waals surface area (Å²) in [4.78, 5) is 19.4. The molecule has 1 heterocycles. The van der Waals surface area contributed by atoms with Gasteiger partial charge in [0, 0.05) is 32.7 Å². The molecule has 0 aliphatic rings. The third-order valence-electron chi connectivity index (χ3n) is 2.51. The lowest BCUT2D eigenvalue weighted by atomic mass is 10.3. The zero-order valence-corrected chi connectivity index (χ0v) is 12.1. The van der Waals surface area contributed by atoms with Crippen molar-refractivity contribution in [2.24, 2.45) is 5.73 Å². The van der Waals surface area contributed by atoms with Gasteiger partial charge < -0.3 is 21.1 Å². The van der Waals surface area contributed by atoms with Crippen molar-refractivity contribution in [2.45, 2.75) is 32.8 Å². The molecule has 0 spiro atoms. The molecule has 4 N–H and O–H groups in total. The van der Waals surface area contributed by atoms with Crippen LogP contribution in [-0.2, 0) is 16.1 Å². The molecule has 0 unspecified atom stereocenters. The van der Waals surface area contributed by atoms with Gasteiger partial charge in [0.1, 0.15) is 18.2 Å². The van der Waals surface area contributed by atoms with E-state index in [1.807, 2.05) is 6.07 Å². The van der Waals surface area contributed by atoms with E-state index >= 15 is 0 Å². The van der Waals surface area contributed by atoms with Crippen LogP contribution in [0.25, 0.3) is 0 Å². The smallest absolute Gasteiger partial charge is 0.217 e. The van der Waals surface area contributed by atoms with Gasteiger partial charge in [0.05, 0.1) is 0 Å². The topological polar surface area (TPSA) is 102 Å². The molecule has 0 atom stereocenters. The Morgan fingerprint density at radius 2 is 1.95 bits per heavy atom. The summed E-state index contributed by atoms with van der Waals surface area (Å²) >= 11 is 0. The standard InChI is InChI=1S/C13H23N5O2/c1-3-6-15-11-8-12(16-7-4-5-10(14)19)18-13(17-11)9-20-2/h8H,3-7,9H2,1-2H3,(H2,14,19)(H2,15,16,17,18). The molecule has 112 valence electrons. The molecule has 0 saturated carbocycles. The number of primary amides is 1. The fraction of sp³-hybridized carbons (Fsp3) is 0.615. The van der Waals surface area contributed by atoms with Crippen molar-refractivity contribution < 1.29 is 9.53 Å². The van der Waals surface area contributed by atoms with E-state index in [0.717, 1.165) is 24.6 Å². The van der Waals surface area contributed by atoms with Gasteiger partial charge in [-0.25, -0.2) is 9.97 Å². The monoisotopic (exact) mass is 281 g/mol. The number of nitrogens with one attached hydrogen (secondary N) is 2. The summed E-state index contributed by atoms with van der Waals surface area (Å²) in [6.07, 6.45) is 2.06. The number of carbonyl (C=O) groups is 1. The molecule has 0 fully saturated rings. The van der Waals surface area contributed by atoms with Crippen LogP contribution in [0.1, 0.15) is 32.0 Å². The molecule has 1 aromatic heterocycles. The quantitative estimate of drug-likeness (QED) is 0.555. The van der Waals surface area contributed by atoms with Gasteiger partial charge in [0.15, 0.2) is 5.82 Å². The lowest BCUT2D eigenvalue weighted by Gasteiger charge is -2.10. The van der Waals surface area contributed by atoms with E-state index in [1.165, 1.54) is 0 Å². The highest BCUT2D eigenvalue weighted by molar-refractivity contribution is 5.73. The largest absolute Gasteiger partial charge is 0.377 e. The van der Waals surface area contributed by atoms with Crippen molar-refractivity contribution >= 4 is 17.5 Å². The van der Waals surface area contributed by atoms with E-state index in [2.05, 4.69) is 27.5 Å². The van der Waals surface area contributed by atoms with Crippen LogP contribution in [0.3, 0.4) is 0 Å². The van der Waals surface area contributed by atoms with E-state index in [4.69, 9.17) is 10.5 Å². The minimum atomic E-state index is -0.292. The maximum atomic E-state index is 10.7. The Morgan fingerprint density at radius 3 is 2.50 bits per heavy atom. The lowest BCUT2D eigenvalue weighted by Crippen LogP contribution is -2.14. The molecular weight excluding hydrogens is 258 g/mol. The van der Waals surface area contributed by atoms with E-state index in [9.17, 15) is 4.79 Å². The molecule has 0 saturated heterocycles. The SMILES string of the molecule is CCCNc1cc(NCCCC(N)=O)nc(COC)n1. The zero-order valence-electron chi connectivity index (χ0n) is 12.1. The van der Waals surface area contributed by atoms with Crippen LogP contribution in [0, 0.1) is 0 Å². The molecule has 1 amide bonds. The second-order valence-electron chi connectivity index (χ2n) is 4.41. The second-order valence-corrected chi connectivity index (χ2v) is 4.41. The minimum absolute atomic E-state index is 0.292. The maximum Gasteiger partial charge on any atom is 0.217 e. The summed E-state index contributed by atoms with van der Waals surface area (Å²) in [6.45, 7) is 3.94. The van der Waals surface area contributed by atoms with Crippen molar-refractivity contribution in [3.05, 3.63) is 11.9 Å². The number of anilines is 2. The molecule has 0 aliphatic heterocycles. The highest BCUT2D eigenvalue weighted by atomic mass is 16.5. The normalized spacial score (nSPS) is 10.3. The Balaban J connectivity index is 2.62. The maximum absolute atomic E-state index is 10.7. The van der Waals surface area contributed by atoms with Gasteiger partial charge in [-0.05, 0) is 12.8 Å². The first-order chi connectivity index (χ1) is 9.65. The van der Waals surface area contributed by atoms with Crippen LogP contribution in [0.4, 0.5) is 11.6 Å². The Labute approximate surface area is 119 Å². The van der Waals surface area contributed by atoms with Crippen molar-refractivity contribution in [3.63, 3.8) is 0 Å². The Morgan fingerprint density at radius 1 is 1.30 bits per heavy atom. The summed E-state index contributed by atoms with van der Waals surface area (Å²) in [5.41, 5.74) is 5.10. The summed E-state index contributed by atoms with van der Waals surface area (Å²) < 4.78 is 5.06. The van der Waals surface area contributed by atoms with E-state index in [-0.39, 0.29) is 5.91 Å². The summed E-state index contributed by atoms with van der Waals surface area (Å²) in [5, 5.41) is 6.38. The first kappa shape index (κ1) is 16.2. The number of aromatic nitrogens is 2. The second kappa shape index (κ2) is 9.08. The number of carbonyl (C=O) groups excluding carboxylic acids is 1. The van der Waals surface area contributed by atoms with Crippen molar-refractivity contribution in [1.82, 2.24) is 9.97 Å². The Kier molecular flexibility index (Phi) is 7.34. The summed E-state index contributed by atoms with van der Waals surface area (Å²) in [7, 11) is 1.61. The van der Waals surface area contributed by atoms with Gasteiger partial charge in [-0.3, -0.25) is 4.79 Å². The number of hydrogen-bond donors (Lipinski definition) is 3. The van der Waals surface area contributed by atoms with E-state index in [1.54, 1.807) is 7.11 Å². The molecular formula is C13H23N5O2. The van der Waals surface area contributed by atoms with Crippen molar-refractivity contribution in [1.29, 1.82) is 0 Å².